The van der Waals surface area contributed by atoms with Crippen molar-refractivity contribution >= 4 is 5.69 Å². The Hall–Kier alpha value is -2.36. The van der Waals surface area contributed by atoms with Crippen molar-refractivity contribution in [1.82, 2.24) is 0 Å². The van der Waals surface area contributed by atoms with Gasteiger partial charge in [-0.25, -0.2) is 0 Å². The summed E-state index contributed by atoms with van der Waals surface area (Å²) in [4.78, 5) is 2.09. The van der Waals surface area contributed by atoms with E-state index in [1.807, 2.05) is 43.4 Å². The molecule has 0 aliphatic heterocycles. The molecule has 0 aliphatic carbocycles. The van der Waals surface area contributed by atoms with Gasteiger partial charge in [-0.05, 0) is 29.8 Å². The van der Waals surface area contributed by atoms with E-state index in [0.717, 1.165) is 17.0 Å². The topological polar surface area (TPSA) is 41.9 Å². The minimum Gasteiger partial charge on any atom is -0.504 e. The lowest BCUT2D eigenvalue weighted by molar-refractivity contribution is 0.373. The molecule has 0 amide bonds. The molecular weight excluding hydrogens is 254 g/mol. The maximum Gasteiger partial charge on any atom is 0.160 e. The van der Waals surface area contributed by atoms with Crippen LogP contribution in [0, 0.1) is 0 Å². The molecule has 20 heavy (non-hydrogen) atoms. The van der Waals surface area contributed by atoms with Crippen LogP contribution in [0.2, 0.25) is 0 Å². The molecule has 2 aromatic rings. The zero-order valence-corrected chi connectivity index (χ0v) is 12.0. The number of methoxy groups -OCH3 is 2. The summed E-state index contributed by atoms with van der Waals surface area (Å²) in [6, 6.07) is 13.2. The molecule has 0 radical (unpaired) electrons. The second-order valence-corrected chi connectivity index (χ2v) is 4.53. The number of anilines is 1. The predicted octanol–water partition coefficient (Wildman–Crippen LogP) is 3.05. The van der Waals surface area contributed by atoms with Gasteiger partial charge in [-0.1, -0.05) is 18.2 Å². The van der Waals surface area contributed by atoms with Crippen LogP contribution in [-0.4, -0.2) is 26.4 Å². The second-order valence-electron chi connectivity index (χ2n) is 4.53. The molecule has 4 heteroatoms. The fourth-order valence-electron chi connectivity index (χ4n) is 2.12. The van der Waals surface area contributed by atoms with Gasteiger partial charge in [0, 0.05) is 13.6 Å². The largest absolute Gasteiger partial charge is 0.504 e. The number of hydrogen-bond acceptors (Lipinski definition) is 4. The van der Waals surface area contributed by atoms with Crippen LogP contribution in [0.5, 0.6) is 17.2 Å². The Morgan fingerprint density at radius 3 is 2.40 bits per heavy atom. The van der Waals surface area contributed by atoms with E-state index in [-0.39, 0.29) is 5.75 Å². The number of hydrogen-bond donors (Lipinski definition) is 1. The van der Waals surface area contributed by atoms with E-state index in [9.17, 15) is 5.11 Å². The van der Waals surface area contributed by atoms with E-state index in [2.05, 4.69) is 4.90 Å². The van der Waals surface area contributed by atoms with Crippen molar-refractivity contribution in [2.75, 3.05) is 26.2 Å². The molecule has 0 unspecified atom stereocenters. The second kappa shape index (κ2) is 6.19. The number of phenolic OH excluding ortho intramolecular Hbond substituents is 1. The summed E-state index contributed by atoms with van der Waals surface area (Å²) in [6.45, 7) is 0.691. The smallest absolute Gasteiger partial charge is 0.160 e. The quantitative estimate of drug-likeness (QED) is 0.909. The van der Waals surface area contributed by atoms with Crippen molar-refractivity contribution in [2.45, 2.75) is 6.54 Å². The number of benzene rings is 2. The normalized spacial score (nSPS) is 10.2. The molecule has 0 atom stereocenters. The molecule has 106 valence electrons. The molecule has 0 aromatic heterocycles. The third kappa shape index (κ3) is 2.96. The minimum absolute atomic E-state index is 0.149. The average molecular weight is 273 g/mol. The van der Waals surface area contributed by atoms with Crippen molar-refractivity contribution < 1.29 is 14.6 Å². The van der Waals surface area contributed by atoms with Gasteiger partial charge in [0.25, 0.3) is 0 Å². The van der Waals surface area contributed by atoms with Gasteiger partial charge in [-0.3, -0.25) is 0 Å². The van der Waals surface area contributed by atoms with E-state index < -0.39 is 0 Å². The first-order valence-corrected chi connectivity index (χ1v) is 6.35. The van der Waals surface area contributed by atoms with Gasteiger partial charge in [0.2, 0.25) is 0 Å². The van der Waals surface area contributed by atoms with E-state index in [0.29, 0.717) is 12.3 Å². The number of phenols is 1. The lowest BCUT2D eigenvalue weighted by Crippen LogP contribution is -2.17. The van der Waals surface area contributed by atoms with E-state index in [4.69, 9.17) is 9.47 Å². The molecule has 0 spiro atoms. The molecule has 2 aromatic carbocycles. The fourth-order valence-corrected chi connectivity index (χ4v) is 2.12. The van der Waals surface area contributed by atoms with Gasteiger partial charge >= 0.3 is 0 Å². The molecule has 2 rings (SSSR count). The first-order chi connectivity index (χ1) is 9.65. The summed E-state index contributed by atoms with van der Waals surface area (Å²) in [6.07, 6.45) is 0. The van der Waals surface area contributed by atoms with Crippen LogP contribution in [0.15, 0.2) is 42.5 Å². The Balaban J connectivity index is 2.21. The van der Waals surface area contributed by atoms with Gasteiger partial charge in [-0.2, -0.15) is 0 Å². The van der Waals surface area contributed by atoms with E-state index in [1.165, 1.54) is 0 Å². The van der Waals surface area contributed by atoms with Crippen molar-refractivity contribution in [3.05, 3.63) is 48.0 Å². The van der Waals surface area contributed by atoms with Gasteiger partial charge in [0.1, 0.15) is 5.75 Å². The fraction of sp³-hybridized carbons (Fsp3) is 0.250. The monoisotopic (exact) mass is 273 g/mol. The van der Waals surface area contributed by atoms with Gasteiger partial charge < -0.3 is 19.5 Å². The Bertz CT molecular complexity index is 584. The molecule has 4 nitrogen and oxygen atoms in total. The zero-order chi connectivity index (χ0) is 14.5. The van der Waals surface area contributed by atoms with Crippen LogP contribution < -0.4 is 14.4 Å². The summed E-state index contributed by atoms with van der Waals surface area (Å²) in [5.41, 5.74) is 2.06. The highest BCUT2D eigenvalue weighted by Gasteiger charge is 2.09. The molecule has 0 heterocycles. The summed E-state index contributed by atoms with van der Waals surface area (Å²) >= 11 is 0. The summed E-state index contributed by atoms with van der Waals surface area (Å²) in [5, 5.41) is 9.61. The minimum atomic E-state index is 0.149. The number of rotatable bonds is 5. The van der Waals surface area contributed by atoms with Crippen LogP contribution in [0.1, 0.15) is 5.56 Å². The molecule has 0 bridgehead atoms. The maximum absolute atomic E-state index is 9.61. The summed E-state index contributed by atoms with van der Waals surface area (Å²) < 4.78 is 10.5. The molecule has 0 saturated carbocycles. The Labute approximate surface area is 119 Å². The third-order valence-electron chi connectivity index (χ3n) is 3.16. The van der Waals surface area contributed by atoms with Crippen molar-refractivity contribution in [1.29, 1.82) is 0 Å². The Morgan fingerprint density at radius 2 is 1.70 bits per heavy atom. The average Bonchev–Trinajstić information content (AvgIpc) is 2.49. The van der Waals surface area contributed by atoms with Crippen LogP contribution >= 0.6 is 0 Å². The third-order valence-corrected chi connectivity index (χ3v) is 3.16. The van der Waals surface area contributed by atoms with Crippen LogP contribution in [-0.2, 0) is 6.54 Å². The van der Waals surface area contributed by atoms with Gasteiger partial charge in [-0.15, -0.1) is 0 Å². The zero-order valence-electron chi connectivity index (χ0n) is 12.0. The van der Waals surface area contributed by atoms with Crippen LogP contribution in [0.3, 0.4) is 0 Å². The number of aromatic hydroxyl groups is 1. The lowest BCUT2D eigenvalue weighted by atomic mass is 10.1. The molecule has 0 fully saturated rings. The first kappa shape index (κ1) is 14.1. The number of para-hydroxylation sites is 2. The first-order valence-electron chi connectivity index (χ1n) is 6.35. The molecule has 0 aliphatic rings. The SMILES string of the molecule is COc1cc(CN(C)c2ccccc2OC)ccc1O. The lowest BCUT2D eigenvalue weighted by Gasteiger charge is -2.22. The number of ether oxygens (including phenoxy) is 2. The highest BCUT2D eigenvalue weighted by Crippen LogP contribution is 2.30. The van der Waals surface area contributed by atoms with Crippen molar-refractivity contribution in [2.24, 2.45) is 0 Å². The van der Waals surface area contributed by atoms with E-state index in [1.54, 1.807) is 20.3 Å². The highest BCUT2D eigenvalue weighted by molar-refractivity contribution is 5.58. The van der Waals surface area contributed by atoms with Gasteiger partial charge in [0.05, 0.1) is 19.9 Å². The maximum atomic E-state index is 9.61. The van der Waals surface area contributed by atoms with Crippen molar-refractivity contribution in [3.63, 3.8) is 0 Å². The van der Waals surface area contributed by atoms with Crippen LogP contribution in [0.4, 0.5) is 5.69 Å². The van der Waals surface area contributed by atoms with E-state index >= 15 is 0 Å². The Morgan fingerprint density at radius 1 is 1.00 bits per heavy atom. The van der Waals surface area contributed by atoms with Crippen LogP contribution in [0.25, 0.3) is 0 Å². The van der Waals surface area contributed by atoms with Crippen molar-refractivity contribution in [3.8, 4) is 17.2 Å². The summed E-state index contributed by atoms with van der Waals surface area (Å²) in [5.74, 6) is 1.47. The van der Waals surface area contributed by atoms with Gasteiger partial charge in [0.15, 0.2) is 11.5 Å². The molecule has 1 N–H and O–H groups in total. The Kier molecular flexibility index (Phi) is 4.35. The summed E-state index contributed by atoms with van der Waals surface area (Å²) in [7, 11) is 5.20. The standard InChI is InChI=1S/C16H19NO3/c1-17(13-6-4-5-7-15(13)19-2)11-12-8-9-14(18)16(10-12)20-3/h4-10,18H,11H2,1-3H3. The number of nitrogens with zero attached hydrogens (tertiary/aromatic N) is 1. The molecule has 0 saturated heterocycles. The molecular formula is C16H19NO3. The predicted molar refractivity (Wildman–Crippen MR) is 79.8 cm³/mol. The highest BCUT2D eigenvalue weighted by atomic mass is 16.5.